The zero-order chi connectivity index (χ0) is 21.8. The maximum Gasteiger partial charge on any atom is 0.348 e. The third kappa shape index (κ3) is 4.67. The predicted molar refractivity (Wildman–Crippen MR) is 127 cm³/mol. The molecule has 7 heteroatoms. The van der Waals surface area contributed by atoms with Crippen molar-refractivity contribution in [2.45, 2.75) is 13.3 Å². The van der Waals surface area contributed by atoms with E-state index in [-0.39, 0.29) is 5.97 Å². The number of ether oxygens (including phenoxy) is 1. The summed E-state index contributed by atoms with van der Waals surface area (Å²) in [6.07, 6.45) is 2.20. The number of thiophene rings is 1. The Morgan fingerprint density at radius 2 is 1.81 bits per heavy atom. The largest absolute Gasteiger partial charge is 0.461 e. The van der Waals surface area contributed by atoms with E-state index in [4.69, 9.17) is 4.74 Å². The molecule has 0 spiro atoms. The number of hydrogen-bond donors (Lipinski definition) is 1. The number of benzene rings is 2. The van der Waals surface area contributed by atoms with E-state index in [1.165, 1.54) is 17.7 Å². The lowest BCUT2D eigenvalue weighted by Crippen LogP contribution is -2.08. The molecule has 0 aliphatic heterocycles. The normalized spacial score (nSPS) is 10.8. The molecule has 0 amide bonds. The summed E-state index contributed by atoms with van der Waals surface area (Å²) in [6, 6.07) is 18.1. The van der Waals surface area contributed by atoms with Gasteiger partial charge in [-0.1, -0.05) is 30.3 Å². The number of aromatic nitrogens is 2. The molecule has 158 valence electrons. The summed E-state index contributed by atoms with van der Waals surface area (Å²) >= 11 is 1.34. The fourth-order valence-electron chi connectivity index (χ4n) is 3.31. The molecular weight excluding hydrogens is 408 g/mol. The number of esters is 1. The lowest BCUT2D eigenvalue weighted by atomic mass is 10.2. The van der Waals surface area contributed by atoms with E-state index in [0.717, 1.165) is 32.7 Å². The third-order valence-corrected chi connectivity index (χ3v) is 6.21. The van der Waals surface area contributed by atoms with Gasteiger partial charge in [0.25, 0.3) is 0 Å². The van der Waals surface area contributed by atoms with E-state index in [0.29, 0.717) is 23.7 Å². The van der Waals surface area contributed by atoms with Crippen LogP contribution in [0.5, 0.6) is 0 Å². The summed E-state index contributed by atoms with van der Waals surface area (Å²) in [4.78, 5) is 24.9. The first-order chi connectivity index (χ1) is 15.0. The van der Waals surface area contributed by atoms with Crippen LogP contribution in [0.2, 0.25) is 0 Å². The molecule has 0 radical (unpaired) electrons. The summed E-state index contributed by atoms with van der Waals surface area (Å²) in [5.74, 6) is 0.359. The molecule has 4 aromatic rings. The van der Waals surface area contributed by atoms with E-state index in [1.807, 2.05) is 80.5 Å². The molecule has 1 N–H and O–H groups in total. The smallest absolute Gasteiger partial charge is 0.348 e. The average Bonchev–Trinajstić information content (AvgIpc) is 3.12. The van der Waals surface area contributed by atoms with Crippen molar-refractivity contribution >= 4 is 44.7 Å². The van der Waals surface area contributed by atoms with Crippen LogP contribution in [-0.4, -0.2) is 36.6 Å². The Balaban J connectivity index is 1.52. The van der Waals surface area contributed by atoms with Crippen LogP contribution < -0.4 is 10.2 Å². The molecule has 4 rings (SSSR count). The fourth-order valence-corrected chi connectivity index (χ4v) is 4.35. The fraction of sp³-hybridized carbons (Fsp3) is 0.208. The SMILES string of the molecule is Cc1c(C(=O)OCCc2ccccc2)sc2ncnc(Nc3ccc(N(C)C)cc3)c12. The number of rotatable bonds is 7. The maximum absolute atomic E-state index is 12.7. The summed E-state index contributed by atoms with van der Waals surface area (Å²) in [5.41, 5.74) is 4.01. The van der Waals surface area contributed by atoms with Gasteiger partial charge in [-0.3, -0.25) is 0 Å². The lowest BCUT2D eigenvalue weighted by molar-refractivity contribution is 0.0514. The molecule has 0 fully saturated rings. The van der Waals surface area contributed by atoms with Crippen LogP contribution >= 0.6 is 11.3 Å². The van der Waals surface area contributed by atoms with Crippen LogP contribution in [-0.2, 0) is 11.2 Å². The van der Waals surface area contributed by atoms with Crippen molar-refractivity contribution in [2.75, 3.05) is 30.9 Å². The Morgan fingerprint density at radius 3 is 2.52 bits per heavy atom. The Hall–Kier alpha value is -3.45. The quantitative estimate of drug-likeness (QED) is 0.405. The van der Waals surface area contributed by atoms with Gasteiger partial charge in [0, 0.05) is 31.9 Å². The van der Waals surface area contributed by atoms with E-state index in [2.05, 4.69) is 15.3 Å². The van der Waals surface area contributed by atoms with Crippen molar-refractivity contribution in [3.05, 3.63) is 76.9 Å². The van der Waals surface area contributed by atoms with Crippen molar-refractivity contribution in [1.82, 2.24) is 9.97 Å². The highest BCUT2D eigenvalue weighted by Gasteiger charge is 2.20. The molecular formula is C24H24N4O2S. The number of anilines is 3. The molecule has 6 nitrogen and oxygen atoms in total. The molecule has 2 aromatic heterocycles. The predicted octanol–water partition coefficient (Wildman–Crippen LogP) is 5.21. The van der Waals surface area contributed by atoms with Gasteiger partial charge < -0.3 is 15.0 Å². The van der Waals surface area contributed by atoms with Crippen LogP contribution in [0.4, 0.5) is 17.2 Å². The third-order valence-electron chi connectivity index (χ3n) is 5.03. The molecule has 0 aliphatic rings. The van der Waals surface area contributed by atoms with E-state index in [1.54, 1.807) is 0 Å². The first kappa shape index (κ1) is 20.8. The van der Waals surface area contributed by atoms with Crippen molar-refractivity contribution in [3.8, 4) is 0 Å². The van der Waals surface area contributed by atoms with Crippen LogP contribution in [0.3, 0.4) is 0 Å². The van der Waals surface area contributed by atoms with Crippen molar-refractivity contribution in [2.24, 2.45) is 0 Å². The second-order valence-electron chi connectivity index (χ2n) is 7.40. The van der Waals surface area contributed by atoms with Gasteiger partial charge in [-0.25, -0.2) is 14.8 Å². The average molecular weight is 433 g/mol. The van der Waals surface area contributed by atoms with Crippen molar-refractivity contribution < 1.29 is 9.53 Å². The molecule has 0 unspecified atom stereocenters. The summed E-state index contributed by atoms with van der Waals surface area (Å²) in [7, 11) is 4.01. The van der Waals surface area contributed by atoms with Gasteiger partial charge in [0.15, 0.2) is 0 Å². The molecule has 0 atom stereocenters. The summed E-state index contributed by atoms with van der Waals surface area (Å²) in [5, 5.41) is 4.20. The van der Waals surface area contributed by atoms with Gasteiger partial charge in [-0.2, -0.15) is 0 Å². The van der Waals surface area contributed by atoms with Gasteiger partial charge >= 0.3 is 5.97 Å². The van der Waals surface area contributed by atoms with Crippen molar-refractivity contribution in [3.63, 3.8) is 0 Å². The van der Waals surface area contributed by atoms with Crippen LogP contribution in [0.1, 0.15) is 20.8 Å². The van der Waals surface area contributed by atoms with Crippen LogP contribution in [0.15, 0.2) is 60.9 Å². The first-order valence-corrected chi connectivity index (χ1v) is 10.8. The van der Waals surface area contributed by atoms with Gasteiger partial charge in [0.05, 0.1) is 12.0 Å². The monoisotopic (exact) mass is 432 g/mol. The summed E-state index contributed by atoms with van der Waals surface area (Å²) < 4.78 is 5.53. The van der Waals surface area contributed by atoms with E-state index >= 15 is 0 Å². The van der Waals surface area contributed by atoms with Gasteiger partial charge in [-0.05, 0) is 42.3 Å². The number of fused-ring (bicyclic) bond motifs is 1. The zero-order valence-electron chi connectivity index (χ0n) is 17.8. The number of hydrogen-bond acceptors (Lipinski definition) is 7. The minimum atomic E-state index is -0.322. The summed E-state index contributed by atoms with van der Waals surface area (Å²) in [6.45, 7) is 2.25. The number of nitrogens with one attached hydrogen (secondary N) is 1. The topological polar surface area (TPSA) is 67.3 Å². The Morgan fingerprint density at radius 1 is 1.06 bits per heavy atom. The number of aryl methyl sites for hydroxylation is 1. The second kappa shape index (κ2) is 9.14. The molecule has 2 heterocycles. The van der Waals surface area contributed by atoms with E-state index in [9.17, 15) is 4.79 Å². The Bertz CT molecular complexity index is 1190. The lowest BCUT2D eigenvalue weighted by Gasteiger charge is -2.13. The number of carbonyl (C=O) groups is 1. The second-order valence-corrected chi connectivity index (χ2v) is 8.40. The highest BCUT2D eigenvalue weighted by atomic mass is 32.1. The van der Waals surface area contributed by atoms with E-state index < -0.39 is 0 Å². The maximum atomic E-state index is 12.7. The zero-order valence-corrected chi connectivity index (χ0v) is 18.6. The molecule has 0 aliphatic carbocycles. The van der Waals surface area contributed by atoms with Crippen molar-refractivity contribution in [1.29, 1.82) is 0 Å². The standard InChI is InChI=1S/C24H24N4O2S/c1-16-20-22(27-18-9-11-19(12-10-18)28(2)3)25-15-26-23(20)31-21(16)24(29)30-14-13-17-7-5-4-6-8-17/h4-12,15H,13-14H2,1-3H3,(H,25,26,27). The Labute approximate surface area is 185 Å². The molecule has 0 saturated carbocycles. The number of carbonyl (C=O) groups excluding carboxylic acids is 1. The van der Waals surface area contributed by atoms with Gasteiger partial charge in [0.2, 0.25) is 0 Å². The molecule has 2 aromatic carbocycles. The first-order valence-electron chi connectivity index (χ1n) is 10.0. The number of nitrogens with zero attached hydrogens (tertiary/aromatic N) is 3. The van der Waals surface area contributed by atoms with Gasteiger partial charge in [-0.15, -0.1) is 11.3 Å². The molecule has 31 heavy (non-hydrogen) atoms. The van der Waals surface area contributed by atoms with Crippen LogP contribution in [0, 0.1) is 6.92 Å². The minimum Gasteiger partial charge on any atom is -0.461 e. The molecule has 0 saturated heterocycles. The highest BCUT2D eigenvalue weighted by Crippen LogP contribution is 2.35. The van der Waals surface area contributed by atoms with Gasteiger partial charge in [0.1, 0.15) is 21.9 Å². The Kier molecular flexibility index (Phi) is 6.13. The minimum absolute atomic E-state index is 0.322. The molecule has 0 bridgehead atoms. The van der Waals surface area contributed by atoms with Crippen LogP contribution in [0.25, 0.3) is 10.2 Å². The highest BCUT2D eigenvalue weighted by molar-refractivity contribution is 7.20.